The Morgan fingerprint density at radius 1 is 1.59 bits per heavy atom. The van der Waals surface area contributed by atoms with Crippen LogP contribution in [0.3, 0.4) is 0 Å². The standard InChI is InChI=1S/C12H17ClN2O2/c13-10-2-1-3-11(6-10)17-8-12(15-14)9-4-5-16-7-9/h1-3,6,9,12,15H,4-5,7-8,14H2. The fourth-order valence-corrected chi connectivity index (χ4v) is 2.11. The molecule has 0 bridgehead atoms. The third-order valence-corrected chi connectivity index (χ3v) is 3.21. The number of halogens is 1. The zero-order valence-electron chi connectivity index (χ0n) is 9.56. The number of hydrazine groups is 1. The van der Waals surface area contributed by atoms with Crippen LogP contribution in [0.5, 0.6) is 5.75 Å². The van der Waals surface area contributed by atoms with Crippen molar-refractivity contribution in [3.05, 3.63) is 29.3 Å². The van der Waals surface area contributed by atoms with E-state index in [2.05, 4.69) is 5.43 Å². The lowest BCUT2D eigenvalue weighted by atomic mass is 10.0. The van der Waals surface area contributed by atoms with Crippen LogP contribution in [0.15, 0.2) is 24.3 Å². The van der Waals surface area contributed by atoms with Crippen molar-refractivity contribution in [1.29, 1.82) is 0 Å². The Morgan fingerprint density at radius 2 is 2.47 bits per heavy atom. The summed E-state index contributed by atoms with van der Waals surface area (Å²) in [6.45, 7) is 2.07. The van der Waals surface area contributed by atoms with Crippen molar-refractivity contribution >= 4 is 11.6 Å². The minimum absolute atomic E-state index is 0.108. The first-order valence-corrected chi connectivity index (χ1v) is 6.09. The highest BCUT2D eigenvalue weighted by atomic mass is 35.5. The molecule has 94 valence electrons. The van der Waals surface area contributed by atoms with Gasteiger partial charge < -0.3 is 9.47 Å². The van der Waals surface area contributed by atoms with Crippen LogP contribution in [-0.2, 0) is 4.74 Å². The number of nitrogens with one attached hydrogen (secondary N) is 1. The van der Waals surface area contributed by atoms with Crippen LogP contribution < -0.4 is 16.0 Å². The van der Waals surface area contributed by atoms with Gasteiger partial charge in [0.15, 0.2) is 0 Å². The molecule has 0 spiro atoms. The highest BCUT2D eigenvalue weighted by Gasteiger charge is 2.25. The van der Waals surface area contributed by atoms with Gasteiger partial charge in [0.05, 0.1) is 12.6 Å². The molecule has 2 unspecified atom stereocenters. The van der Waals surface area contributed by atoms with Gasteiger partial charge in [-0.05, 0) is 24.6 Å². The van der Waals surface area contributed by atoms with Crippen LogP contribution in [0, 0.1) is 5.92 Å². The zero-order valence-corrected chi connectivity index (χ0v) is 10.3. The Morgan fingerprint density at radius 3 is 3.12 bits per heavy atom. The summed E-state index contributed by atoms with van der Waals surface area (Å²) in [6, 6.07) is 7.46. The Hall–Kier alpha value is -0.810. The van der Waals surface area contributed by atoms with Crippen molar-refractivity contribution in [2.45, 2.75) is 12.5 Å². The maximum Gasteiger partial charge on any atom is 0.120 e. The molecule has 0 saturated carbocycles. The fraction of sp³-hybridized carbons (Fsp3) is 0.500. The van der Waals surface area contributed by atoms with E-state index in [-0.39, 0.29) is 6.04 Å². The van der Waals surface area contributed by atoms with Gasteiger partial charge in [0, 0.05) is 17.5 Å². The summed E-state index contributed by atoms with van der Waals surface area (Å²) >= 11 is 5.88. The van der Waals surface area contributed by atoms with Crippen LogP contribution in [0.4, 0.5) is 0 Å². The minimum atomic E-state index is 0.108. The van der Waals surface area contributed by atoms with Gasteiger partial charge in [-0.25, -0.2) is 0 Å². The number of hydrogen-bond acceptors (Lipinski definition) is 4. The molecule has 17 heavy (non-hydrogen) atoms. The van der Waals surface area contributed by atoms with Gasteiger partial charge in [0.1, 0.15) is 12.4 Å². The molecule has 1 aromatic carbocycles. The zero-order chi connectivity index (χ0) is 12.1. The second-order valence-corrected chi connectivity index (χ2v) is 4.60. The lowest BCUT2D eigenvalue weighted by Crippen LogP contribution is -2.45. The number of nitrogens with two attached hydrogens (primary N) is 1. The maximum atomic E-state index is 5.88. The molecule has 0 aromatic heterocycles. The highest BCUT2D eigenvalue weighted by molar-refractivity contribution is 6.30. The van der Waals surface area contributed by atoms with Crippen LogP contribution in [-0.4, -0.2) is 25.9 Å². The molecular weight excluding hydrogens is 240 g/mol. The molecule has 0 aliphatic carbocycles. The molecule has 1 aliphatic rings. The van der Waals surface area contributed by atoms with Crippen LogP contribution in [0.25, 0.3) is 0 Å². The van der Waals surface area contributed by atoms with Crippen molar-refractivity contribution < 1.29 is 9.47 Å². The topological polar surface area (TPSA) is 56.5 Å². The Balaban J connectivity index is 1.87. The lowest BCUT2D eigenvalue weighted by molar-refractivity contribution is 0.160. The van der Waals surface area contributed by atoms with E-state index in [1.54, 1.807) is 6.07 Å². The summed E-state index contributed by atoms with van der Waals surface area (Å²) in [5.41, 5.74) is 2.79. The molecule has 3 N–H and O–H groups in total. The fourth-order valence-electron chi connectivity index (χ4n) is 1.93. The molecule has 1 aromatic rings. The van der Waals surface area contributed by atoms with Crippen LogP contribution >= 0.6 is 11.6 Å². The Labute approximate surface area is 106 Å². The predicted octanol–water partition coefficient (Wildman–Crippen LogP) is 1.59. The van der Waals surface area contributed by atoms with Gasteiger partial charge in [-0.2, -0.15) is 0 Å². The van der Waals surface area contributed by atoms with E-state index in [1.165, 1.54) is 0 Å². The van der Waals surface area contributed by atoms with Crippen LogP contribution in [0.1, 0.15) is 6.42 Å². The van der Waals surface area contributed by atoms with Crippen molar-refractivity contribution in [3.8, 4) is 5.75 Å². The second-order valence-electron chi connectivity index (χ2n) is 4.17. The average Bonchev–Trinajstić information content (AvgIpc) is 2.84. The largest absolute Gasteiger partial charge is 0.492 e. The van der Waals surface area contributed by atoms with Crippen molar-refractivity contribution in [3.63, 3.8) is 0 Å². The SMILES string of the molecule is NNC(COc1cccc(Cl)c1)C1CCOC1. The smallest absolute Gasteiger partial charge is 0.120 e. The van der Waals surface area contributed by atoms with Crippen molar-refractivity contribution in [1.82, 2.24) is 5.43 Å². The molecule has 1 fully saturated rings. The molecule has 1 aliphatic heterocycles. The third-order valence-electron chi connectivity index (χ3n) is 2.97. The van der Waals surface area contributed by atoms with E-state index in [1.807, 2.05) is 18.2 Å². The summed E-state index contributed by atoms with van der Waals surface area (Å²) in [6.07, 6.45) is 1.02. The predicted molar refractivity (Wildman–Crippen MR) is 67.0 cm³/mol. The van der Waals surface area contributed by atoms with Gasteiger partial charge in [-0.1, -0.05) is 17.7 Å². The first kappa shape index (κ1) is 12.6. The molecule has 1 heterocycles. The summed E-state index contributed by atoms with van der Waals surface area (Å²) in [5, 5.41) is 0.670. The van der Waals surface area contributed by atoms with Crippen LogP contribution in [0.2, 0.25) is 5.02 Å². The normalized spacial score (nSPS) is 21.4. The summed E-state index contributed by atoms with van der Waals surface area (Å²) < 4.78 is 11.0. The molecular formula is C12H17ClN2O2. The Kier molecular flexibility index (Phi) is 4.62. The van der Waals surface area contributed by atoms with E-state index in [9.17, 15) is 0 Å². The van der Waals surface area contributed by atoms with E-state index in [4.69, 9.17) is 26.9 Å². The molecule has 5 heteroatoms. The molecule has 2 rings (SSSR count). The molecule has 0 amide bonds. The number of benzene rings is 1. The van der Waals surface area contributed by atoms with E-state index in [0.29, 0.717) is 17.5 Å². The third kappa shape index (κ3) is 3.57. The number of hydrogen-bond donors (Lipinski definition) is 2. The number of rotatable bonds is 5. The molecule has 4 nitrogen and oxygen atoms in total. The van der Waals surface area contributed by atoms with Crippen molar-refractivity contribution in [2.75, 3.05) is 19.8 Å². The Bertz CT molecular complexity index is 356. The van der Waals surface area contributed by atoms with Gasteiger partial charge >= 0.3 is 0 Å². The van der Waals surface area contributed by atoms with Gasteiger partial charge in [0.25, 0.3) is 0 Å². The summed E-state index contributed by atoms with van der Waals surface area (Å²) in [7, 11) is 0. The highest BCUT2D eigenvalue weighted by Crippen LogP contribution is 2.20. The first-order valence-electron chi connectivity index (χ1n) is 5.72. The van der Waals surface area contributed by atoms with Gasteiger partial charge in [-0.15, -0.1) is 0 Å². The second kappa shape index (κ2) is 6.21. The van der Waals surface area contributed by atoms with E-state index >= 15 is 0 Å². The number of ether oxygens (including phenoxy) is 2. The maximum absolute atomic E-state index is 5.88. The molecule has 2 atom stereocenters. The van der Waals surface area contributed by atoms with E-state index < -0.39 is 0 Å². The summed E-state index contributed by atoms with van der Waals surface area (Å²) in [4.78, 5) is 0. The van der Waals surface area contributed by atoms with Crippen molar-refractivity contribution in [2.24, 2.45) is 11.8 Å². The molecule has 1 saturated heterocycles. The first-order chi connectivity index (χ1) is 8.29. The van der Waals surface area contributed by atoms with E-state index in [0.717, 1.165) is 25.4 Å². The summed E-state index contributed by atoms with van der Waals surface area (Å²) in [5.74, 6) is 6.71. The van der Waals surface area contributed by atoms with Gasteiger partial charge in [-0.3, -0.25) is 11.3 Å². The average molecular weight is 257 g/mol. The molecule has 0 radical (unpaired) electrons. The van der Waals surface area contributed by atoms with Gasteiger partial charge in [0.2, 0.25) is 0 Å². The lowest BCUT2D eigenvalue weighted by Gasteiger charge is -2.21. The minimum Gasteiger partial charge on any atom is -0.492 e. The quantitative estimate of drug-likeness (QED) is 0.621. The monoisotopic (exact) mass is 256 g/mol.